The first-order chi connectivity index (χ1) is 9.29. The number of benzene rings is 2. The zero-order valence-corrected chi connectivity index (χ0v) is 15.5. The van der Waals surface area contributed by atoms with E-state index in [2.05, 4.69) is 52.5 Å². The molecule has 2 rings (SSSR count). The van der Waals surface area contributed by atoms with Crippen molar-refractivity contribution in [3.63, 3.8) is 0 Å². The highest BCUT2D eigenvalue weighted by Gasteiger charge is 2.18. The van der Waals surface area contributed by atoms with Crippen molar-refractivity contribution in [2.45, 2.75) is 4.90 Å². The molecule has 0 saturated carbocycles. The van der Waals surface area contributed by atoms with E-state index in [-0.39, 0.29) is 4.90 Å². The van der Waals surface area contributed by atoms with Gasteiger partial charge in [0.15, 0.2) is 0 Å². The largest absolute Gasteiger partial charge is 0.398 e. The molecule has 0 saturated heterocycles. The highest BCUT2D eigenvalue weighted by atomic mass is 79.9. The van der Waals surface area contributed by atoms with E-state index < -0.39 is 10.0 Å². The van der Waals surface area contributed by atoms with Crippen LogP contribution in [-0.4, -0.2) is 8.42 Å². The first-order valence-corrected chi connectivity index (χ1v) is 9.19. The second-order valence-corrected chi connectivity index (χ2v) is 8.19. The number of hydrogen-bond acceptors (Lipinski definition) is 3. The van der Waals surface area contributed by atoms with Gasteiger partial charge in [-0.2, -0.15) is 0 Å². The molecule has 0 atom stereocenters. The van der Waals surface area contributed by atoms with E-state index in [4.69, 9.17) is 5.73 Å². The standard InChI is InChI=1S/C12H9Br3N2O2S/c13-7-1-3-9(14)12(5-7)20(18,19)17-8-2-4-11(16)10(15)6-8/h1-6,17H,16H2. The van der Waals surface area contributed by atoms with Crippen molar-refractivity contribution < 1.29 is 8.42 Å². The van der Waals surface area contributed by atoms with Crippen LogP contribution in [0.5, 0.6) is 0 Å². The molecule has 3 N–H and O–H groups in total. The van der Waals surface area contributed by atoms with Gasteiger partial charge in [-0.25, -0.2) is 8.42 Å². The number of hydrogen-bond donors (Lipinski definition) is 2. The van der Waals surface area contributed by atoms with Gasteiger partial charge in [0.05, 0.1) is 5.69 Å². The second kappa shape index (κ2) is 6.05. The first-order valence-electron chi connectivity index (χ1n) is 5.32. The van der Waals surface area contributed by atoms with E-state index in [1.165, 1.54) is 6.07 Å². The molecule has 0 bridgehead atoms. The molecule has 0 aliphatic rings. The Balaban J connectivity index is 2.40. The van der Waals surface area contributed by atoms with Crippen molar-refractivity contribution >= 4 is 69.2 Å². The van der Waals surface area contributed by atoms with Crippen LogP contribution in [0.1, 0.15) is 0 Å². The fourth-order valence-electron chi connectivity index (χ4n) is 1.48. The molecule has 2 aromatic carbocycles. The summed E-state index contributed by atoms with van der Waals surface area (Å²) in [6.07, 6.45) is 0. The van der Waals surface area contributed by atoms with Gasteiger partial charge in [0.1, 0.15) is 4.90 Å². The number of sulfonamides is 1. The van der Waals surface area contributed by atoms with E-state index in [0.717, 1.165) is 0 Å². The minimum atomic E-state index is -3.68. The average Bonchev–Trinajstić information content (AvgIpc) is 2.36. The number of halogens is 3. The normalized spacial score (nSPS) is 11.3. The SMILES string of the molecule is Nc1ccc(NS(=O)(=O)c2cc(Br)ccc2Br)cc1Br. The van der Waals surface area contributed by atoms with Gasteiger partial charge < -0.3 is 5.73 Å². The fraction of sp³-hybridized carbons (Fsp3) is 0. The van der Waals surface area contributed by atoms with Crippen LogP contribution < -0.4 is 10.5 Å². The number of nitrogen functional groups attached to an aromatic ring is 1. The van der Waals surface area contributed by atoms with Gasteiger partial charge in [-0.3, -0.25) is 4.72 Å². The molecule has 106 valence electrons. The van der Waals surface area contributed by atoms with Crippen molar-refractivity contribution in [3.05, 3.63) is 49.8 Å². The van der Waals surface area contributed by atoms with Gasteiger partial charge in [0.25, 0.3) is 10.0 Å². The Labute approximate surface area is 142 Å². The van der Waals surface area contributed by atoms with Crippen molar-refractivity contribution in [3.8, 4) is 0 Å². The number of rotatable bonds is 3. The molecule has 0 radical (unpaired) electrons. The third-order valence-corrected chi connectivity index (χ3v) is 5.99. The van der Waals surface area contributed by atoms with Crippen molar-refractivity contribution in [2.75, 3.05) is 10.5 Å². The lowest BCUT2D eigenvalue weighted by molar-refractivity contribution is 0.600. The van der Waals surface area contributed by atoms with Gasteiger partial charge in [-0.1, -0.05) is 15.9 Å². The van der Waals surface area contributed by atoms with Crippen LogP contribution in [0.3, 0.4) is 0 Å². The molecular weight excluding hydrogens is 476 g/mol. The molecule has 0 aliphatic heterocycles. The molecule has 0 aromatic heterocycles. The molecule has 8 heteroatoms. The molecule has 4 nitrogen and oxygen atoms in total. The van der Waals surface area contributed by atoms with Crippen LogP contribution in [-0.2, 0) is 10.0 Å². The van der Waals surface area contributed by atoms with E-state index in [1.807, 2.05) is 0 Å². The molecule has 20 heavy (non-hydrogen) atoms. The summed E-state index contributed by atoms with van der Waals surface area (Å²) in [4.78, 5) is 0.153. The third kappa shape index (κ3) is 3.55. The summed E-state index contributed by atoms with van der Waals surface area (Å²) in [6, 6.07) is 9.78. The average molecular weight is 485 g/mol. The lowest BCUT2D eigenvalue weighted by Crippen LogP contribution is -2.13. The quantitative estimate of drug-likeness (QED) is 0.636. The summed E-state index contributed by atoms with van der Waals surface area (Å²) in [6.45, 7) is 0. The lowest BCUT2D eigenvalue weighted by Gasteiger charge is -2.11. The van der Waals surface area contributed by atoms with Gasteiger partial charge >= 0.3 is 0 Å². The van der Waals surface area contributed by atoms with Crippen LogP contribution in [0, 0.1) is 0 Å². The van der Waals surface area contributed by atoms with Crippen LogP contribution in [0.2, 0.25) is 0 Å². The van der Waals surface area contributed by atoms with Crippen molar-refractivity contribution in [1.29, 1.82) is 0 Å². The summed E-state index contributed by atoms with van der Waals surface area (Å²) < 4.78 is 29.0. The summed E-state index contributed by atoms with van der Waals surface area (Å²) in [7, 11) is -3.68. The Morgan fingerprint density at radius 3 is 2.30 bits per heavy atom. The topological polar surface area (TPSA) is 72.2 Å². The maximum Gasteiger partial charge on any atom is 0.263 e. The number of nitrogens with two attached hydrogens (primary N) is 1. The van der Waals surface area contributed by atoms with E-state index in [9.17, 15) is 8.42 Å². The van der Waals surface area contributed by atoms with Crippen LogP contribution in [0.4, 0.5) is 11.4 Å². The summed E-state index contributed by atoms with van der Waals surface area (Å²) in [5.74, 6) is 0. The predicted molar refractivity (Wildman–Crippen MR) is 91.2 cm³/mol. The summed E-state index contributed by atoms with van der Waals surface area (Å²) >= 11 is 9.75. The Morgan fingerprint density at radius 1 is 0.950 bits per heavy atom. The third-order valence-electron chi connectivity index (χ3n) is 2.44. The maximum atomic E-state index is 12.4. The molecule has 2 aromatic rings. The zero-order valence-electron chi connectivity index (χ0n) is 9.90. The smallest absolute Gasteiger partial charge is 0.263 e. The monoisotopic (exact) mass is 482 g/mol. The Morgan fingerprint density at radius 2 is 1.65 bits per heavy atom. The van der Waals surface area contributed by atoms with Crippen LogP contribution in [0.15, 0.2) is 54.7 Å². The summed E-state index contributed by atoms with van der Waals surface area (Å²) in [5, 5.41) is 0. The Hall–Kier alpha value is -0.570. The molecule has 0 unspecified atom stereocenters. The minimum Gasteiger partial charge on any atom is -0.398 e. The van der Waals surface area contributed by atoms with Crippen LogP contribution >= 0.6 is 47.8 Å². The molecule has 0 fully saturated rings. The van der Waals surface area contributed by atoms with Crippen molar-refractivity contribution in [1.82, 2.24) is 0 Å². The first kappa shape index (κ1) is 15.8. The molecular formula is C12H9Br3N2O2S. The maximum absolute atomic E-state index is 12.4. The summed E-state index contributed by atoms with van der Waals surface area (Å²) in [5.41, 5.74) is 6.64. The molecule has 0 heterocycles. The van der Waals surface area contributed by atoms with Gasteiger partial charge in [-0.15, -0.1) is 0 Å². The lowest BCUT2D eigenvalue weighted by atomic mass is 10.3. The van der Waals surface area contributed by atoms with E-state index in [0.29, 0.717) is 24.8 Å². The minimum absolute atomic E-state index is 0.153. The van der Waals surface area contributed by atoms with E-state index >= 15 is 0 Å². The van der Waals surface area contributed by atoms with Crippen molar-refractivity contribution in [2.24, 2.45) is 0 Å². The zero-order chi connectivity index (χ0) is 14.9. The molecule has 0 aliphatic carbocycles. The Kier molecular flexibility index (Phi) is 4.78. The van der Waals surface area contributed by atoms with Gasteiger partial charge in [-0.05, 0) is 68.3 Å². The van der Waals surface area contributed by atoms with E-state index in [1.54, 1.807) is 30.3 Å². The fourth-order valence-corrected chi connectivity index (χ4v) is 4.42. The highest BCUT2D eigenvalue weighted by molar-refractivity contribution is 9.11. The van der Waals surface area contributed by atoms with Gasteiger partial charge in [0.2, 0.25) is 0 Å². The second-order valence-electron chi connectivity index (χ2n) is 3.92. The molecule has 0 amide bonds. The number of nitrogens with one attached hydrogen (secondary N) is 1. The highest BCUT2D eigenvalue weighted by Crippen LogP contribution is 2.29. The number of anilines is 2. The van der Waals surface area contributed by atoms with Gasteiger partial charge in [0, 0.05) is 19.1 Å². The van der Waals surface area contributed by atoms with Crippen LogP contribution in [0.25, 0.3) is 0 Å². The Bertz CT molecular complexity index is 763. The predicted octanol–water partition coefficient (Wildman–Crippen LogP) is 4.36. The molecule has 0 spiro atoms.